The monoisotopic (exact) mass is 363 g/mol. The highest BCUT2D eigenvalue weighted by atomic mass is 35.5. The Kier molecular flexibility index (Phi) is 4.07. The highest BCUT2D eigenvalue weighted by Gasteiger charge is 2.12. The summed E-state index contributed by atoms with van der Waals surface area (Å²) in [6, 6.07) is 19.8. The number of benzene rings is 3. The van der Waals surface area contributed by atoms with Crippen molar-refractivity contribution >= 4 is 34.2 Å². The second-order valence-electron chi connectivity index (χ2n) is 5.85. The third-order valence-corrected chi connectivity index (χ3v) is 4.42. The molecule has 3 aromatic carbocycles. The maximum absolute atomic E-state index is 12.5. The number of carbonyl (C=O) groups is 1. The molecule has 0 radical (unpaired) electrons. The first kappa shape index (κ1) is 16.2. The summed E-state index contributed by atoms with van der Waals surface area (Å²) in [5, 5.41) is 3.38. The Labute approximate surface area is 153 Å². The summed E-state index contributed by atoms with van der Waals surface area (Å²) in [5.74, 6) is -0.217. The van der Waals surface area contributed by atoms with E-state index < -0.39 is 0 Å². The van der Waals surface area contributed by atoms with Gasteiger partial charge in [-0.1, -0.05) is 35.9 Å². The van der Waals surface area contributed by atoms with Gasteiger partial charge < -0.3 is 15.3 Å². The van der Waals surface area contributed by atoms with Crippen LogP contribution in [-0.2, 0) is 0 Å². The van der Waals surface area contributed by atoms with Crippen molar-refractivity contribution in [1.82, 2.24) is 9.97 Å². The molecule has 0 spiro atoms. The zero-order chi connectivity index (χ0) is 18.1. The lowest BCUT2D eigenvalue weighted by Crippen LogP contribution is -2.11. The average Bonchev–Trinajstić information content (AvgIpc) is 3.02. The van der Waals surface area contributed by atoms with Gasteiger partial charge in [0, 0.05) is 21.8 Å². The van der Waals surface area contributed by atoms with Crippen LogP contribution in [0.3, 0.4) is 0 Å². The molecule has 4 aromatic rings. The molecule has 0 unspecified atom stereocenters. The number of imidazole rings is 1. The van der Waals surface area contributed by atoms with Crippen molar-refractivity contribution in [2.75, 3.05) is 5.32 Å². The van der Waals surface area contributed by atoms with Gasteiger partial charge in [-0.3, -0.25) is 4.79 Å². The third kappa shape index (κ3) is 3.12. The minimum Gasteiger partial charge on any atom is -0.322 e. The fourth-order valence-corrected chi connectivity index (χ4v) is 3.04. The summed E-state index contributed by atoms with van der Waals surface area (Å²) in [6.07, 6.45) is 0. The van der Waals surface area contributed by atoms with Crippen LogP contribution in [-0.4, -0.2) is 15.9 Å². The molecule has 1 heterocycles. The number of H-pyrrole nitrogens is 2. The number of rotatable bonds is 3. The molecule has 128 valence electrons. The van der Waals surface area contributed by atoms with Crippen LogP contribution in [0.4, 0.5) is 5.69 Å². The second-order valence-corrected chi connectivity index (χ2v) is 6.26. The van der Waals surface area contributed by atoms with E-state index >= 15 is 0 Å². The van der Waals surface area contributed by atoms with E-state index in [4.69, 9.17) is 11.6 Å². The van der Waals surface area contributed by atoms with Gasteiger partial charge in [0.2, 0.25) is 0 Å². The summed E-state index contributed by atoms with van der Waals surface area (Å²) in [6.45, 7) is 0. The van der Waals surface area contributed by atoms with Crippen molar-refractivity contribution in [2.45, 2.75) is 0 Å². The van der Waals surface area contributed by atoms with Crippen LogP contribution in [0.15, 0.2) is 71.5 Å². The molecule has 1 amide bonds. The van der Waals surface area contributed by atoms with Crippen molar-refractivity contribution in [1.29, 1.82) is 0 Å². The number of hydrogen-bond donors (Lipinski definition) is 3. The molecule has 0 aliphatic heterocycles. The molecule has 5 nitrogen and oxygen atoms in total. The van der Waals surface area contributed by atoms with Crippen LogP contribution in [0, 0.1) is 0 Å². The standard InChI is InChI=1S/C20H14ClN3O2/c21-16-8-6-13(19(25)22-14-4-2-1-3-5-14)10-15(16)12-7-9-17-18(11-12)24-20(26)23-17/h1-11H,(H,22,25)(H2,23,24,26). The summed E-state index contributed by atoms with van der Waals surface area (Å²) in [7, 11) is 0. The molecule has 0 aliphatic rings. The quantitative estimate of drug-likeness (QED) is 0.503. The van der Waals surface area contributed by atoms with E-state index in [0.29, 0.717) is 21.6 Å². The Hall–Kier alpha value is -3.31. The fraction of sp³-hybridized carbons (Fsp3) is 0. The number of amides is 1. The Balaban J connectivity index is 1.71. The van der Waals surface area contributed by atoms with E-state index in [0.717, 1.165) is 16.8 Å². The number of carbonyl (C=O) groups excluding carboxylic acids is 1. The summed E-state index contributed by atoms with van der Waals surface area (Å²) in [4.78, 5) is 29.4. The first-order chi connectivity index (χ1) is 12.6. The van der Waals surface area contributed by atoms with Crippen LogP contribution in [0.1, 0.15) is 10.4 Å². The SMILES string of the molecule is O=C(Nc1ccccc1)c1ccc(Cl)c(-c2ccc3[nH]c(=O)[nH]c3c2)c1. The van der Waals surface area contributed by atoms with E-state index in [-0.39, 0.29) is 11.6 Å². The number of halogens is 1. The van der Waals surface area contributed by atoms with Crippen molar-refractivity contribution in [3.05, 3.63) is 87.8 Å². The van der Waals surface area contributed by atoms with Gasteiger partial charge in [-0.25, -0.2) is 4.79 Å². The zero-order valence-corrected chi connectivity index (χ0v) is 14.3. The molecule has 4 rings (SSSR count). The van der Waals surface area contributed by atoms with Gasteiger partial charge >= 0.3 is 5.69 Å². The lowest BCUT2D eigenvalue weighted by atomic mass is 10.0. The van der Waals surface area contributed by atoms with Gasteiger partial charge in [0.15, 0.2) is 0 Å². The van der Waals surface area contributed by atoms with E-state index in [1.54, 1.807) is 24.3 Å². The Morgan fingerprint density at radius 3 is 2.46 bits per heavy atom. The maximum atomic E-state index is 12.5. The van der Waals surface area contributed by atoms with Crippen molar-refractivity contribution < 1.29 is 4.79 Å². The predicted molar refractivity (Wildman–Crippen MR) is 104 cm³/mol. The van der Waals surface area contributed by atoms with Crippen molar-refractivity contribution in [3.63, 3.8) is 0 Å². The van der Waals surface area contributed by atoms with Crippen LogP contribution < -0.4 is 11.0 Å². The van der Waals surface area contributed by atoms with Crippen LogP contribution in [0.2, 0.25) is 5.02 Å². The molecule has 0 saturated carbocycles. The Morgan fingerprint density at radius 1 is 0.885 bits per heavy atom. The highest BCUT2D eigenvalue weighted by Crippen LogP contribution is 2.30. The van der Waals surface area contributed by atoms with Crippen LogP contribution >= 0.6 is 11.6 Å². The Morgan fingerprint density at radius 2 is 1.65 bits per heavy atom. The summed E-state index contributed by atoms with van der Waals surface area (Å²) >= 11 is 6.34. The molecular weight excluding hydrogens is 350 g/mol. The summed E-state index contributed by atoms with van der Waals surface area (Å²) < 4.78 is 0. The number of aromatic amines is 2. The third-order valence-electron chi connectivity index (χ3n) is 4.09. The highest BCUT2D eigenvalue weighted by molar-refractivity contribution is 6.33. The number of fused-ring (bicyclic) bond motifs is 1. The van der Waals surface area contributed by atoms with E-state index in [9.17, 15) is 9.59 Å². The van der Waals surface area contributed by atoms with Crippen molar-refractivity contribution in [2.24, 2.45) is 0 Å². The van der Waals surface area contributed by atoms with Gasteiger partial charge in [0.25, 0.3) is 5.91 Å². The first-order valence-corrected chi connectivity index (χ1v) is 8.36. The average molecular weight is 364 g/mol. The van der Waals surface area contributed by atoms with Crippen LogP contribution in [0.5, 0.6) is 0 Å². The number of anilines is 1. The molecule has 0 bridgehead atoms. The molecule has 0 fully saturated rings. The van der Waals surface area contributed by atoms with Gasteiger partial charge in [0.05, 0.1) is 11.0 Å². The van der Waals surface area contributed by atoms with Gasteiger partial charge in [-0.2, -0.15) is 0 Å². The zero-order valence-electron chi connectivity index (χ0n) is 13.5. The van der Waals surface area contributed by atoms with Gasteiger partial charge in [-0.05, 0) is 48.0 Å². The minimum atomic E-state index is -0.265. The second kappa shape index (κ2) is 6.54. The van der Waals surface area contributed by atoms with E-state index in [1.165, 1.54) is 0 Å². The maximum Gasteiger partial charge on any atom is 0.323 e. The Bertz CT molecular complexity index is 1160. The molecule has 0 aliphatic carbocycles. The molecule has 0 saturated heterocycles. The fourth-order valence-electron chi connectivity index (χ4n) is 2.81. The first-order valence-electron chi connectivity index (χ1n) is 7.98. The molecule has 3 N–H and O–H groups in total. The van der Waals surface area contributed by atoms with Crippen LogP contribution in [0.25, 0.3) is 22.2 Å². The molecule has 0 atom stereocenters. The smallest absolute Gasteiger partial charge is 0.322 e. The number of para-hydroxylation sites is 1. The number of nitrogens with one attached hydrogen (secondary N) is 3. The molecule has 26 heavy (non-hydrogen) atoms. The lowest BCUT2D eigenvalue weighted by molar-refractivity contribution is 0.102. The minimum absolute atomic E-state index is 0.217. The number of hydrogen-bond acceptors (Lipinski definition) is 2. The largest absolute Gasteiger partial charge is 0.323 e. The van der Waals surface area contributed by atoms with E-state index in [1.807, 2.05) is 42.5 Å². The molecule has 6 heteroatoms. The van der Waals surface area contributed by atoms with Gasteiger partial charge in [-0.15, -0.1) is 0 Å². The van der Waals surface area contributed by atoms with Crippen molar-refractivity contribution in [3.8, 4) is 11.1 Å². The van der Waals surface area contributed by atoms with Gasteiger partial charge in [0.1, 0.15) is 0 Å². The molecular formula is C20H14ClN3O2. The topological polar surface area (TPSA) is 77.8 Å². The molecule has 1 aromatic heterocycles. The number of aromatic nitrogens is 2. The van der Waals surface area contributed by atoms with E-state index in [2.05, 4.69) is 15.3 Å². The summed E-state index contributed by atoms with van der Waals surface area (Å²) in [5.41, 5.74) is 3.88. The lowest BCUT2D eigenvalue weighted by Gasteiger charge is -2.09. The normalized spacial score (nSPS) is 10.8. The predicted octanol–water partition coefficient (Wildman–Crippen LogP) is 4.43.